The second kappa shape index (κ2) is 7.47. The number of rotatable bonds is 7. The van der Waals surface area contributed by atoms with Crippen molar-refractivity contribution < 1.29 is 0 Å². The van der Waals surface area contributed by atoms with Crippen molar-refractivity contribution >= 4 is 17.5 Å². The van der Waals surface area contributed by atoms with E-state index < -0.39 is 0 Å². The molecule has 1 fully saturated rings. The SMILES string of the molecule is N=C(N)c1ccc(CCN2CCN(CCC3=NCCC3)C2=N)cc1. The molecule has 128 valence electrons. The molecule has 6 nitrogen and oxygen atoms in total. The number of nitrogens with zero attached hydrogens (tertiary/aromatic N) is 3. The van der Waals surface area contributed by atoms with Gasteiger partial charge in [0.1, 0.15) is 5.84 Å². The molecule has 2 aliphatic heterocycles. The first-order chi connectivity index (χ1) is 11.6. The lowest BCUT2D eigenvalue weighted by Crippen LogP contribution is -2.34. The first-order valence-corrected chi connectivity index (χ1v) is 8.67. The monoisotopic (exact) mass is 326 g/mol. The molecule has 2 heterocycles. The van der Waals surface area contributed by atoms with Crippen molar-refractivity contribution in [3.05, 3.63) is 35.4 Å². The summed E-state index contributed by atoms with van der Waals surface area (Å²) in [5.41, 5.74) is 8.78. The molecule has 0 radical (unpaired) electrons. The van der Waals surface area contributed by atoms with Crippen molar-refractivity contribution in [3.8, 4) is 0 Å². The minimum absolute atomic E-state index is 0.102. The second-order valence-corrected chi connectivity index (χ2v) is 6.46. The summed E-state index contributed by atoms with van der Waals surface area (Å²) in [4.78, 5) is 8.83. The largest absolute Gasteiger partial charge is 0.384 e. The molecule has 0 saturated carbocycles. The standard InChI is InChI=1S/C18H26N6/c19-17(20)15-5-3-14(4-6-15)7-10-23-12-13-24(18(23)21)11-8-16-2-1-9-22-16/h3-6,21H,1-2,7-13H2,(H3,19,20). The van der Waals surface area contributed by atoms with Crippen LogP contribution in [0.1, 0.15) is 30.4 Å². The summed E-state index contributed by atoms with van der Waals surface area (Å²) in [7, 11) is 0. The Morgan fingerprint density at radius 2 is 1.75 bits per heavy atom. The van der Waals surface area contributed by atoms with Gasteiger partial charge in [-0.25, -0.2) is 0 Å². The highest BCUT2D eigenvalue weighted by Crippen LogP contribution is 2.13. The number of amidine groups is 1. The van der Waals surface area contributed by atoms with Crippen molar-refractivity contribution in [1.82, 2.24) is 9.80 Å². The number of nitrogens with one attached hydrogen (secondary N) is 2. The van der Waals surface area contributed by atoms with Crippen molar-refractivity contribution in [2.24, 2.45) is 10.7 Å². The van der Waals surface area contributed by atoms with E-state index in [2.05, 4.69) is 14.8 Å². The molecule has 0 aromatic heterocycles. The Balaban J connectivity index is 1.45. The van der Waals surface area contributed by atoms with Crippen LogP contribution in [-0.2, 0) is 6.42 Å². The van der Waals surface area contributed by atoms with Crippen molar-refractivity contribution in [3.63, 3.8) is 0 Å². The highest BCUT2D eigenvalue weighted by Gasteiger charge is 2.24. The Morgan fingerprint density at radius 1 is 1.08 bits per heavy atom. The Kier molecular flexibility index (Phi) is 5.13. The van der Waals surface area contributed by atoms with Crippen molar-refractivity contribution in [2.45, 2.75) is 25.7 Å². The first kappa shape index (κ1) is 16.5. The normalized spacial score (nSPS) is 17.5. The fourth-order valence-corrected chi connectivity index (χ4v) is 3.27. The quantitative estimate of drug-likeness (QED) is 0.526. The molecular weight excluding hydrogens is 300 g/mol. The van der Waals surface area contributed by atoms with Gasteiger partial charge in [0.25, 0.3) is 0 Å². The molecule has 4 N–H and O–H groups in total. The number of nitrogen functional groups attached to an aromatic ring is 1. The van der Waals surface area contributed by atoms with Crippen molar-refractivity contribution in [2.75, 3.05) is 32.7 Å². The van der Waals surface area contributed by atoms with Crippen LogP contribution in [0.3, 0.4) is 0 Å². The van der Waals surface area contributed by atoms with Gasteiger partial charge in [-0.2, -0.15) is 0 Å². The maximum atomic E-state index is 8.36. The summed E-state index contributed by atoms with van der Waals surface area (Å²) in [6.07, 6.45) is 4.24. The van der Waals surface area contributed by atoms with Crippen LogP contribution < -0.4 is 5.73 Å². The lowest BCUT2D eigenvalue weighted by molar-refractivity contribution is 0.463. The fraction of sp³-hybridized carbons (Fsp3) is 0.500. The average molecular weight is 326 g/mol. The van der Waals surface area contributed by atoms with Gasteiger partial charge in [-0.05, 0) is 24.8 Å². The third-order valence-electron chi connectivity index (χ3n) is 4.80. The van der Waals surface area contributed by atoms with Gasteiger partial charge in [0.2, 0.25) is 0 Å². The van der Waals surface area contributed by atoms with Gasteiger partial charge in [0, 0.05) is 50.4 Å². The summed E-state index contributed by atoms with van der Waals surface area (Å²) in [5, 5.41) is 15.8. The molecule has 0 atom stereocenters. The van der Waals surface area contributed by atoms with Gasteiger partial charge < -0.3 is 15.5 Å². The molecule has 0 amide bonds. The smallest absolute Gasteiger partial charge is 0.193 e. The third kappa shape index (κ3) is 3.93. The average Bonchev–Trinajstić information content (AvgIpc) is 3.21. The minimum atomic E-state index is 0.102. The van der Waals surface area contributed by atoms with Crippen LogP contribution in [0, 0.1) is 10.8 Å². The highest BCUT2D eigenvalue weighted by atomic mass is 15.4. The van der Waals surface area contributed by atoms with Gasteiger partial charge >= 0.3 is 0 Å². The lowest BCUT2D eigenvalue weighted by Gasteiger charge is -2.21. The summed E-state index contributed by atoms with van der Waals surface area (Å²) in [6, 6.07) is 7.82. The van der Waals surface area contributed by atoms with Crippen molar-refractivity contribution in [1.29, 1.82) is 10.8 Å². The Morgan fingerprint density at radius 3 is 2.33 bits per heavy atom. The molecule has 0 bridgehead atoms. The first-order valence-electron chi connectivity index (χ1n) is 8.67. The zero-order valence-corrected chi connectivity index (χ0v) is 14.1. The number of nitrogens with two attached hydrogens (primary N) is 1. The number of benzene rings is 1. The van der Waals surface area contributed by atoms with E-state index in [1.165, 1.54) is 17.7 Å². The molecule has 2 aliphatic rings. The third-order valence-corrected chi connectivity index (χ3v) is 4.80. The Bertz CT molecular complexity index is 633. The summed E-state index contributed by atoms with van der Waals surface area (Å²) < 4.78 is 0. The molecule has 0 spiro atoms. The van der Waals surface area contributed by atoms with Gasteiger partial charge in [-0.15, -0.1) is 0 Å². The predicted molar refractivity (Wildman–Crippen MR) is 98.2 cm³/mol. The molecule has 24 heavy (non-hydrogen) atoms. The van der Waals surface area contributed by atoms with E-state index in [9.17, 15) is 0 Å². The summed E-state index contributed by atoms with van der Waals surface area (Å²) in [5.74, 6) is 0.749. The van der Waals surface area contributed by atoms with E-state index in [0.717, 1.165) is 57.5 Å². The van der Waals surface area contributed by atoms with E-state index in [1.807, 2.05) is 24.3 Å². The molecule has 3 rings (SSSR count). The van der Waals surface area contributed by atoms with E-state index in [0.29, 0.717) is 5.96 Å². The fourth-order valence-electron chi connectivity index (χ4n) is 3.27. The van der Waals surface area contributed by atoms with Crippen LogP contribution in [0.2, 0.25) is 0 Å². The maximum absolute atomic E-state index is 8.36. The number of guanidine groups is 1. The van der Waals surface area contributed by atoms with Crippen LogP contribution in [0.15, 0.2) is 29.3 Å². The van der Waals surface area contributed by atoms with Crippen LogP contribution in [-0.4, -0.2) is 60.0 Å². The van der Waals surface area contributed by atoms with E-state index in [1.54, 1.807) is 0 Å². The molecular formula is C18H26N6. The number of hydrogen-bond acceptors (Lipinski definition) is 3. The van der Waals surface area contributed by atoms with Gasteiger partial charge in [-0.1, -0.05) is 24.3 Å². The van der Waals surface area contributed by atoms with Crippen LogP contribution in [0.25, 0.3) is 0 Å². The molecule has 0 aliphatic carbocycles. The number of hydrogen-bond donors (Lipinski definition) is 3. The minimum Gasteiger partial charge on any atom is -0.384 e. The van der Waals surface area contributed by atoms with Crippen LogP contribution in [0.4, 0.5) is 0 Å². The lowest BCUT2D eigenvalue weighted by atomic mass is 10.1. The van der Waals surface area contributed by atoms with Crippen LogP contribution >= 0.6 is 0 Å². The van der Waals surface area contributed by atoms with Gasteiger partial charge in [0.15, 0.2) is 5.96 Å². The molecule has 1 aromatic carbocycles. The van der Waals surface area contributed by atoms with E-state index in [4.69, 9.17) is 16.6 Å². The summed E-state index contributed by atoms with van der Waals surface area (Å²) in [6.45, 7) is 4.63. The number of aliphatic imine (C=N–C) groups is 1. The predicted octanol–water partition coefficient (Wildman–Crippen LogP) is 1.69. The zero-order chi connectivity index (χ0) is 16.9. The van der Waals surface area contributed by atoms with Gasteiger partial charge in [0.05, 0.1) is 0 Å². The molecule has 1 aromatic rings. The summed E-state index contributed by atoms with van der Waals surface area (Å²) >= 11 is 0. The maximum Gasteiger partial charge on any atom is 0.193 e. The van der Waals surface area contributed by atoms with Gasteiger partial charge in [-0.3, -0.25) is 15.8 Å². The van der Waals surface area contributed by atoms with Crippen LogP contribution in [0.5, 0.6) is 0 Å². The molecule has 1 saturated heterocycles. The Labute approximate surface area is 143 Å². The Hall–Kier alpha value is -2.37. The van der Waals surface area contributed by atoms with E-state index >= 15 is 0 Å². The van der Waals surface area contributed by atoms with E-state index in [-0.39, 0.29) is 5.84 Å². The molecule has 0 unspecified atom stereocenters. The zero-order valence-electron chi connectivity index (χ0n) is 14.1. The highest BCUT2D eigenvalue weighted by molar-refractivity contribution is 5.94. The topological polar surface area (TPSA) is 92.6 Å². The molecule has 6 heteroatoms. The second-order valence-electron chi connectivity index (χ2n) is 6.46.